The summed E-state index contributed by atoms with van der Waals surface area (Å²) in [4.78, 5) is 48.5. The van der Waals surface area contributed by atoms with E-state index >= 15 is 0 Å². The molecule has 1 aliphatic heterocycles. The van der Waals surface area contributed by atoms with Crippen LogP contribution < -0.4 is 15.9 Å². The molecule has 0 spiro atoms. The van der Waals surface area contributed by atoms with Gasteiger partial charge in [-0.25, -0.2) is 8.78 Å². The van der Waals surface area contributed by atoms with Crippen LogP contribution in [0, 0.1) is 23.5 Å². The Bertz CT molecular complexity index is 1420. The number of rotatable bonds is 10. The molecule has 232 valence electrons. The molecule has 2 aromatic carbocycles. The van der Waals surface area contributed by atoms with E-state index in [4.69, 9.17) is 10.8 Å². The van der Waals surface area contributed by atoms with E-state index < -0.39 is 29.6 Å². The standard InChI is InChI=1S/C13H15F2N3O2.C11H18O2.C7H5NOS/c14-8-4-9(15)6-10(5-8)17-7-12(19)18-3-1-2-11(18)13(16)20;1-2-3-4-5-6-7-9-8-10(9)11(12)13;9-7-8-5-3-1-2-4-6(5)10-7/h4-6,11,17H,1-3,7H2,(H2,16,20);6-7,9-10H,2-5,8H2,1H3,(H,12,13);1-4H,(H,8,9)/b;7-6-;. The van der Waals surface area contributed by atoms with Crippen molar-refractivity contribution in [2.45, 2.75) is 57.9 Å². The molecule has 9 nitrogen and oxygen atoms in total. The van der Waals surface area contributed by atoms with Gasteiger partial charge in [0, 0.05) is 18.3 Å². The maximum absolute atomic E-state index is 13.0. The molecule has 5 N–H and O–H groups in total. The fraction of sp³-hybridized carbons (Fsp3) is 0.419. The predicted molar refractivity (Wildman–Crippen MR) is 164 cm³/mol. The average Bonchev–Trinajstić information content (AvgIpc) is 3.38. The molecule has 1 aliphatic carbocycles. The van der Waals surface area contributed by atoms with Gasteiger partial charge in [-0.3, -0.25) is 19.2 Å². The van der Waals surface area contributed by atoms with Gasteiger partial charge in [-0.15, -0.1) is 0 Å². The lowest BCUT2D eigenvalue weighted by Gasteiger charge is -2.22. The maximum atomic E-state index is 13.0. The second-order valence-corrected chi connectivity index (χ2v) is 11.5. The molecule has 3 atom stereocenters. The summed E-state index contributed by atoms with van der Waals surface area (Å²) in [6.07, 6.45) is 11.2. The van der Waals surface area contributed by atoms with Crippen LogP contribution in [0.3, 0.4) is 0 Å². The molecule has 43 heavy (non-hydrogen) atoms. The summed E-state index contributed by atoms with van der Waals surface area (Å²) in [6, 6.07) is 9.99. The van der Waals surface area contributed by atoms with Crippen LogP contribution in [0.1, 0.15) is 51.9 Å². The molecule has 12 heteroatoms. The number of primary amides is 1. The first-order valence-electron chi connectivity index (χ1n) is 14.3. The molecule has 0 bridgehead atoms. The molecule has 2 fully saturated rings. The van der Waals surface area contributed by atoms with Gasteiger partial charge in [0.15, 0.2) is 0 Å². The van der Waals surface area contributed by atoms with Crippen molar-refractivity contribution in [3.63, 3.8) is 0 Å². The summed E-state index contributed by atoms with van der Waals surface area (Å²) < 4.78 is 27.0. The zero-order valence-electron chi connectivity index (χ0n) is 24.1. The van der Waals surface area contributed by atoms with E-state index in [1.807, 2.05) is 24.3 Å². The molecular weight excluding hydrogens is 578 g/mol. The molecule has 3 aromatic rings. The number of likely N-dealkylation sites (tertiary alicyclic amines) is 1. The van der Waals surface area contributed by atoms with Crippen LogP contribution in [0.15, 0.2) is 59.4 Å². The number of amides is 2. The Kier molecular flexibility index (Phi) is 12.9. The number of H-pyrrole nitrogens is 1. The number of aromatic amines is 1. The number of unbranched alkanes of at least 4 members (excludes halogenated alkanes) is 3. The van der Waals surface area contributed by atoms with Gasteiger partial charge >= 0.3 is 10.8 Å². The van der Waals surface area contributed by atoms with Crippen molar-refractivity contribution in [1.29, 1.82) is 0 Å². The number of allylic oxidation sites excluding steroid dienone is 2. The summed E-state index contributed by atoms with van der Waals surface area (Å²) in [5.74, 6) is -2.69. The number of para-hydroxylation sites is 1. The van der Waals surface area contributed by atoms with Crippen molar-refractivity contribution in [3.05, 3.63) is 75.9 Å². The second kappa shape index (κ2) is 16.5. The highest BCUT2D eigenvalue weighted by Crippen LogP contribution is 2.39. The summed E-state index contributed by atoms with van der Waals surface area (Å²) in [7, 11) is 0. The number of thiazole rings is 1. The molecule has 1 saturated heterocycles. The topological polar surface area (TPSA) is 146 Å². The van der Waals surface area contributed by atoms with Crippen LogP contribution in [-0.2, 0) is 14.4 Å². The van der Waals surface area contributed by atoms with Crippen molar-refractivity contribution in [2.24, 2.45) is 17.6 Å². The van der Waals surface area contributed by atoms with Crippen LogP contribution >= 0.6 is 11.3 Å². The van der Waals surface area contributed by atoms with Crippen molar-refractivity contribution in [1.82, 2.24) is 9.88 Å². The third-order valence-corrected chi connectivity index (χ3v) is 7.91. The summed E-state index contributed by atoms with van der Waals surface area (Å²) >= 11 is 1.24. The third kappa shape index (κ3) is 10.9. The summed E-state index contributed by atoms with van der Waals surface area (Å²) in [5.41, 5.74) is 6.32. The van der Waals surface area contributed by atoms with E-state index in [1.54, 1.807) is 0 Å². The summed E-state index contributed by atoms with van der Waals surface area (Å²) in [6.45, 7) is 2.50. The number of carbonyl (C=O) groups is 3. The van der Waals surface area contributed by atoms with Gasteiger partial charge in [0.2, 0.25) is 11.8 Å². The van der Waals surface area contributed by atoms with Gasteiger partial charge in [-0.1, -0.05) is 55.4 Å². The number of halogens is 2. The third-order valence-electron chi connectivity index (χ3n) is 7.05. The number of hydrogen-bond donors (Lipinski definition) is 4. The number of aromatic nitrogens is 1. The lowest BCUT2D eigenvalue weighted by molar-refractivity contribution is -0.138. The zero-order valence-corrected chi connectivity index (χ0v) is 24.9. The van der Waals surface area contributed by atoms with Crippen LogP contribution in [0.2, 0.25) is 0 Å². The number of anilines is 1. The Labute approximate surface area is 252 Å². The van der Waals surface area contributed by atoms with E-state index in [9.17, 15) is 28.0 Å². The van der Waals surface area contributed by atoms with E-state index in [0.29, 0.717) is 25.3 Å². The van der Waals surface area contributed by atoms with Crippen molar-refractivity contribution in [3.8, 4) is 0 Å². The van der Waals surface area contributed by atoms with E-state index in [2.05, 4.69) is 29.4 Å². The molecule has 2 amide bonds. The Morgan fingerprint density at radius 3 is 2.51 bits per heavy atom. The van der Waals surface area contributed by atoms with Gasteiger partial charge in [-0.2, -0.15) is 0 Å². The molecule has 2 aliphatic rings. The van der Waals surface area contributed by atoms with Crippen LogP contribution in [-0.4, -0.2) is 51.9 Å². The number of benzene rings is 2. The SMILES string of the molecule is CCCCC/C=C\C1CC1C(=O)O.NC(=O)C1CCCN1C(=O)CNc1cc(F)cc(F)c1.O=c1[nH]c2ccccc2s1. The Hall–Kier alpha value is -4.06. The van der Waals surface area contributed by atoms with Crippen molar-refractivity contribution >= 4 is 45.0 Å². The number of fused-ring (bicyclic) bond motifs is 1. The largest absolute Gasteiger partial charge is 0.481 e. The minimum atomic E-state index is -0.726. The molecule has 1 saturated carbocycles. The molecule has 2 heterocycles. The first-order valence-corrected chi connectivity index (χ1v) is 15.2. The molecule has 5 rings (SSSR count). The highest BCUT2D eigenvalue weighted by atomic mass is 32.1. The number of nitrogens with zero attached hydrogens (tertiary/aromatic N) is 1. The van der Waals surface area contributed by atoms with Crippen LogP contribution in [0.4, 0.5) is 14.5 Å². The lowest BCUT2D eigenvalue weighted by Crippen LogP contribution is -2.45. The number of nitrogens with two attached hydrogens (primary N) is 1. The van der Waals surface area contributed by atoms with Crippen molar-refractivity contribution in [2.75, 3.05) is 18.4 Å². The van der Waals surface area contributed by atoms with Gasteiger partial charge in [0.1, 0.15) is 17.7 Å². The maximum Gasteiger partial charge on any atom is 0.307 e. The smallest absolute Gasteiger partial charge is 0.307 e. The van der Waals surface area contributed by atoms with E-state index in [0.717, 1.165) is 41.3 Å². The van der Waals surface area contributed by atoms with Gasteiger partial charge in [0.05, 0.1) is 22.7 Å². The van der Waals surface area contributed by atoms with Crippen molar-refractivity contribution < 1.29 is 28.3 Å². The minimum absolute atomic E-state index is 0.0150. The number of carbonyl (C=O) groups excluding carboxylic acids is 2. The van der Waals surface area contributed by atoms with E-state index in [1.165, 1.54) is 35.5 Å². The molecule has 3 unspecified atom stereocenters. The predicted octanol–water partition coefficient (Wildman–Crippen LogP) is 5.29. The fourth-order valence-electron chi connectivity index (χ4n) is 4.68. The summed E-state index contributed by atoms with van der Waals surface area (Å²) in [5, 5.41) is 11.3. The van der Waals surface area contributed by atoms with Gasteiger partial charge in [0.25, 0.3) is 0 Å². The molecular formula is C31H38F2N4O5S. The Morgan fingerprint density at radius 2 is 1.88 bits per heavy atom. The monoisotopic (exact) mass is 616 g/mol. The number of aliphatic carboxylic acids is 1. The normalized spacial score (nSPS) is 18.9. The van der Waals surface area contributed by atoms with Gasteiger partial charge in [-0.05, 0) is 62.3 Å². The number of nitrogens with one attached hydrogen (secondary N) is 2. The first kappa shape index (κ1) is 33.4. The lowest BCUT2D eigenvalue weighted by atomic mass is 10.2. The zero-order chi connectivity index (χ0) is 31.4. The highest BCUT2D eigenvalue weighted by molar-refractivity contribution is 7.16. The molecule has 1 aromatic heterocycles. The second-order valence-electron chi connectivity index (χ2n) is 10.4. The minimum Gasteiger partial charge on any atom is -0.481 e. The molecule has 0 radical (unpaired) electrons. The van der Waals surface area contributed by atoms with E-state index in [-0.39, 0.29) is 28.9 Å². The number of carboxylic acid groups (broad SMARTS) is 1. The quantitative estimate of drug-likeness (QED) is 0.180. The highest BCUT2D eigenvalue weighted by Gasteiger charge is 2.40. The Morgan fingerprint density at radius 1 is 1.16 bits per heavy atom. The fourth-order valence-corrected chi connectivity index (χ4v) is 5.42. The van der Waals surface area contributed by atoms with Crippen LogP contribution in [0.25, 0.3) is 10.2 Å². The average molecular weight is 617 g/mol. The van der Waals surface area contributed by atoms with Crippen LogP contribution in [0.5, 0.6) is 0 Å². The first-order chi connectivity index (χ1) is 20.6. The number of hydrogen-bond acceptors (Lipinski definition) is 6. The Balaban J connectivity index is 0.000000189. The number of carboxylic acids is 1. The van der Waals surface area contributed by atoms with Gasteiger partial charge < -0.3 is 26.0 Å².